The van der Waals surface area contributed by atoms with Crippen molar-refractivity contribution < 1.29 is 0 Å². The van der Waals surface area contributed by atoms with Crippen LogP contribution in [0.25, 0.3) is 0 Å². The van der Waals surface area contributed by atoms with E-state index in [9.17, 15) is 0 Å². The molecule has 0 aliphatic heterocycles. The van der Waals surface area contributed by atoms with E-state index in [1.807, 2.05) is 14.1 Å². The van der Waals surface area contributed by atoms with Crippen molar-refractivity contribution in [2.75, 3.05) is 21.1 Å². The Morgan fingerprint density at radius 2 is 1.36 bits per heavy atom. The third-order valence-corrected chi connectivity index (χ3v) is 5.20. The standard InChI is InChI=1S/C19H25N3/c1-14-9-11-15(12-10-14)18(20-2)13-19(21-3,22-4)17-8-6-5-7-16(17)18/h5-12,20-22H,13H2,1-4H3. The van der Waals surface area contributed by atoms with Crippen molar-refractivity contribution in [1.82, 2.24) is 16.0 Å². The van der Waals surface area contributed by atoms with Crippen LogP contribution in [0.5, 0.6) is 0 Å². The Balaban J connectivity index is 2.23. The van der Waals surface area contributed by atoms with Gasteiger partial charge in [-0.3, -0.25) is 10.6 Å². The molecular weight excluding hydrogens is 270 g/mol. The molecule has 0 aromatic heterocycles. The van der Waals surface area contributed by atoms with E-state index in [0.29, 0.717) is 0 Å². The van der Waals surface area contributed by atoms with Gasteiger partial charge in [0, 0.05) is 6.42 Å². The maximum absolute atomic E-state index is 3.61. The molecule has 0 heterocycles. The number of nitrogens with one attached hydrogen (secondary N) is 3. The van der Waals surface area contributed by atoms with Crippen LogP contribution < -0.4 is 16.0 Å². The van der Waals surface area contributed by atoms with Gasteiger partial charge in [0.2, 0.25) is 0 Å². The van der Waals surface area contributed by atoms with E-state index >= 15 is 0 Å². The minimum Gasteiger partial charge on any atom is -0.307 e. The van der Waals surface area contributed by atoms with Crippen molar-refractivity contribution in [3.63, 3.8) is 0 Å². The molecule has 0 bridgehead atoms. The van der Waals surface area contributed by atoms with Crippen LogP contribution in [0, 0.1) is 6.92 Å². The van der Waals surface area contributed by atoms with Gasteiger partial charge in [-0.25, -0.2) is 0 Å². The van der Waals surface area contributed by atoms with Crippen molar-refractivity contribution >= 4 is 0 Å². The average Bonchev–Trinajstić information content (AvgIpc) is 2.87. The van der Waals surface area contributed by atoms with Gasteiger partial charge in [-0.1, -0.05) is 54.1 Å². The van der Waals surface area contributed by atoms with E-state index in [4.69, 9.17) is 0 Å². The van der Waals surface area contributed by atoms with Crippen LogP contribution in [-0.4, -0.2) is 21.1 Å². The number of fused-ring (bicyclic) bond motifs is 1. The summed E-state index contributed by atoms with van der Waals surface area (Å²) in [5.41, 5.74) is 4.84. The predicted octanol–water partition coefficient (Wildman–Crippen LogP) is 2.45. The highest BCUT2D eigenvalue weighted by atomic mass is 15.2. The molecule has 1 aliphatic carbocycles. The topological polar surface area (TPSA) is 36.1 Å². The van der Waals surface area contributed by atoms with Crippen molar-refractivity contribution in [2.24, 2.45) is 0 Å². The Kier molecular flexibility index (Phi) is 3.81. The van der Waals surface area contributed by atoms with Crippen LogP contribution in [0.2, 0.25) is 0 Å². The smallest absolute Gasteiger partial charge is 0.0973 e. The molecule has 0 amide bonds. The predicted molar refractivity (Wildman–Crippen MR) is 91.9 cm³/mol. The van der Waals surface area contributed by atoms with Gasteiger partial charge in [0.05, 0.1) is 11.2 Å². The second-order valence-corrected chi connectivity index (χ2v) is 6.15. The second kappa shape index (κ2) is 5.51. The fraction of sp³-hybridized carbons (Fsp3) is 0.368. The van der Waals surface area contributed by atoms with Crippen molar-refractivity contribution in [2.45, 2.75) is 24.5 Å². The van der Waals surface area contributed by atoms with Crippen LogP contribution >= 0.6 is 0 Å². The first-order chi connectivity index (χ1) is 10.6. The lowest BCUT2D eigenvalue weighted by Gasteiger charge is -2.35. The van der Waals surface area contributed by atoms with Gasteiger partial charge in [-0.15, -0.1) is 0 Å². The highest BCUT2D eigenvalue weighted by Gasteiger charge is 2.51. The summed E-state index contributed by atoms with van der Waals surface area (Å²) < 4.78 is 0. The van der Waals surface area contributed by atoms with E-state index in [-0.39, 0.29) is 11.2 Å². The molecule has 22 heavy (non-hydrogen) atoms. The second-order valence-electron chi connectivity index (χ2n) is 6.15. The first-order valence-corrected chi connectivity index (χ1v) is 7.86. The molecule has 0 saturated heterocycles. The van der Waals surface area contributed by atoms with E-state index < -0.39 is 0 Å². The summed E-state index contributed by atoms with van der Waals surface area (Å²) in [5, 5.41) is 10.6. The number of rotatable bonds is 4. The van der Waals surface area contributed by atoms with Crippen LogP contribution in [0.3, 0.4) is 0 Å². The first-order valence-electron chi connectivity index (χ1n) is 7.86. The molecule has 1 aliphatic rings. The highest BCUT2D eigenvalue weighted by Crippen LogP contribution is 2.48. The Hall–Kier alpha value is -1.68. The number of benzene rings is 2. The van der Waals surface area contributed by atoms with Crippen molar-refractivity contribution in [3.05, 3.63) is 70.8 Å². The Morgan fingerprint density at radius 1 is 0.773 bits per heavy atom. The van der Waals surface area contributed by atoms with Gasteiger partial charge < -0.3 is 5.32 Å². The molecule has 3 heteroatoms. The third kappa shape index (κ3) is 2.01. The van der Waals surface area contributed by atoms with Gasteiger partial charge in [-0.2, -0.15) is 0 Å². The molecule has 0 radical (unpaired) electrons. The van der Waals surface area contributed by atoms with E-state index in [1.54, 1.807) is 0 Å². The summed E-state index contributed by atoms with van der Waals surface area (Å²) in [4.78, 5) is 0. The lowest BCUT2D eigenvalue weighted by Crippen LogP contribution is -2.52. The largest absolute Gasteiger partial charge is 0.307 e. The highest BCUT2D eigenvalue weighted by molar-refractivity contribution is 5.51. The van der Waals surface area contributed by atoms with E-state index in [0.717, 1.165) is 6.42 Å². The van der Waals surface area contributed by atoms with Gasteiger partial charge in [-0.05, 0) is 44.8 Å². The van der Waals surface area contributed by atoms with Gasteiger partial charge in [0.15, 0.2) is 0 Å². The van der Waals surface area contributed by atoms with Crippen LogP contribution in [0.1, 0.15) is 28.7 Å². The number of hydrogen-bond donors (Lipinski definition) is 3. The van der Waals surface area contributed by atoms with Crippen LogP contribution in [-0.2, 0) is 11.2 Å². The van der Waals surface area contributed by atoms with Gasteiger partial charge >= 0.3 is 0 Å². The van der Waals surface area contributed by atoms with Crippen LogP contribution in [0.4, 0.5) is 0 Å². The molecule has 2 aromatic rings. The van der Waals surface area contributed by atoms with Crippen LogP contribution in [0.15, 0.2) is 48.5 Å². The van der Waals surface area contributed by atoms with Crippen molar-refractivity contribution in [3.8, 4) is 0 Å². The Bertz CT molecular complexity index is 659. The van der Waals surface area contributed by atoms with Gasteiger partial charge in [0.25, 0.3) is 0 Å². The SMILES string of the molecule is CNC1(NC)CC(NC)(c2ccc(C)cc2)c2ccccc21. The molecule has 2 aromatic carbocycles. The van der Waals surface area contributed by atoms with E-state index in [2.05, 4.69) is 78.5 Å². The molecule has 3 rings (SSSR count). The van der Waals surface area contributed by atoms with Gasteiger partial charge in [0.1, 0.15) is 0 Å². The molecular formula is C19H25N3. The molecule has 0 fully saturated rings. The summed E-state index contributed by atoms with van der Waals surface area (Å²) >= 11 is 0. The lowest BCUT2D eigenvalue weighted by molar-refractivity contribution is 0.245. The van der Waals surface area contributed by atoms with E-state index in [1.165, 1.54) is 22.3 Å². The zero-order valence-corrected chi connectivity index (χ0v) is 13.8. The monoisotopic (exact) mass is 295 g/mol. The quantitative estimate of drug-likeness (QED) is 0.758. The zero-order valence-electron chi connectivity index (χ0n) is 13.8. The minimum atomic E-state index is -0.218. The minimum absolute atomic E-state index is 0.184. The normalized spacial score (nSPS) is 22.5. The maximum atomic E-state index is 3.61. The first kappa shape index (κ1) is 15.2. The summed E-state index contributed by atoms with van der Waals surface area (Å²) in [6, 6.07) is 17.6. The third-order valence-electron chi connectivity index (χ3n) is 5.20. The maximum Gasteiger partial charge on any atom is 0.0973 e. The summed E-state index contributed by atoms with van der Waals surface area (Å²) in [6.07, 6.45) is 0.923. The average molecular weight is 295 g/mol. The molecule has 1 unspecified atom stereocenters. The molecule has 0 spiro atoms. The molecule has 116 valence electrons. The number of aryl methyl sites for hydroxylation is 1. The molecule has 3 nitrogen and oxygen atoms in total. The molecule has 0 saturated carbocycles. The Labute approximate surface area is 133 Å². The summed E-state index contributed by atoms with van der Waals surface area (Å²) in [6.45, 7) is 2.13. The lowest BCUT2D eigenvalue weighted by atomic mass is 9.83. The number of hydrogen-bond acceptors (Lipinski definition) is 3. The summed E-state index contributed by atoms with van der Waals surface area (Å²) in [5.74, 6) is 0. The fourth-order valence-electron chi connectivity index (χ4n) is 3.85. The molecule has 3 N–H and O–H groups in total. The Morgan fingerprint density at radius 3 is 1.91 bits per heavy atom. The molecule has 1 atom stereocenters. The summed E-state index contributed by atoms with van der Waals surface area (Å²) in [7, 11) is 6.10. The van der Waals surface area contributed by atoms with Crippen molar-refractivity contribution in [1.29, 1.82) is 0 Å². The zero-order chi connectivity index (χ0) is 15.8. The fourth-order valence-corrected chi connectivity index (χ4v) is 3.85.